The zero-order valence-electron chi connectivity index (χ0n) is 17.1. The Hall–Kier alpha value is -3.97. The van der Waals surface area contributed by atoms with Gasteiger partial charge in [-0.15, -0.1) is 0 Å². The minimum Gasteiger partial charge on any atom is -0.491 e. The minimum absolute atomic E-state index is 0.122. The van der Waals surface area contributed by atoms with E-state index in [1.807, 2.05) is 6.07 Å². The quantitative estimate of drug-likeness (QED) is 0.509. The first-order valence-electron chi connectivity index (χ1n) is 9.52. The molecule has 0 N–H and O–H groups in total. The zero-order valence-corrected chi connectivity index (χ0v) is 17.1. The lowest BCUT2D eigenvalue weighted by Crippen LogP contribution is -2.22. The molecule has 0 radical (unpaired) electrons. The predicted octanol–water partition coefficient (Wildman–Crippen LogP) is 2.06. The van der Waals surface area contributed by atoms with E-state index in [4.69, 9.17) is 19.5 Å². The van der Waals surface area contributed by atoms with Gasteiger partial charge in [0.15, 0.2) is 5.75 Å². The summed E-state index contributed by atoms with van der Waals surface area (Å²) in [6, 6.07) is 7.36. The van der Waals surface area contributed by atoms with E-state index in [0.717, 1.165) is 5.56 Å². The summed E-state index contributed by atoms with van der Waals surface area (Å²) in [6.45, 7) is 1.25. The molecule has 31 heavy (non-hydrogen) atoms. The third-order valence-electron chi connectivity index (χ3n) is 4.78. The summed E-state index contributed by atoms with van der Waals surface area (Å²) >= 11 is 0. The van der Waals surface area contributed by atoms with Crippen molar-refractivity contribution in [3.05, 3.63) is 48.0 Å². The number of aromatic nitrogens is 4. The highest BCUT2D eigenvalue weighted by Gasteiger charge is 2.31. The van der Waals surface area contributed by atoms with Crippen molar-refractivity contribution in [1.82, 2.24) is 19.7 Å². The van der Waals surface area contributed by atoms with Crippen molar-refractivity contribution in [2.24, 2.45) is 0 Å². The van der Waals surface area contributed by atoms with Gasteiger partial charge in [0.25, 0.3) is 11.8 Å². The van der Waals surface area contributed by atoms with E-state index in [9.17, 15) is 4.79 Å². The number of nitrogens with zero attached hydrogens (tertiary/aromatic N) is 6. The van der Waals surface area contributed by atoms with Gasteiger partial charge in [0, 0.05) is 25.1 Å². The summed E-state index contributed by atoms with van der Waals surface area (Å²) in [4.78, 5) is 23.4. The average molecular weight is 420 g/mol. The molecule has 158 valence electrons. The van der Waals surface area contributed by atoms with E-state index >= 15 is 0 Å². The number of methoxy groups -OCH3 is 2. The molecule has 0 saturated heterocycles. The molecule has 1 amide bonds. The molecular weight excluding hydrogens is 400 g/mol. The maximum Gasteiger partial charge on any atom is 0.260 e. The van der Waals surface area contributed by atoms with E-state index in [2.05, 4.69) is 15.1 Å². The molecule has 0 saturated carbocycles. The molecule has 0 spiro atoms. The fourth-order valence-corrected chi connectivity index (χ4v) is 3.25. The molecule has 10 nitrogen and oxygen atoms in total. The first kappa shape index (κ1) is 20.3. The van der Waals surface area contributed by atoms with Crippen molar-refractivity contribution in [2.75, 3.05) is 32.3 Å². The molecule has 4 heterocycles. The van der Waals surface area contributed by atoms with Gasteiger partial charge in [0.05, 0.1) is 55.2 Å². The number of ether oxygens (including phenoxy) is 3. The van der Waals surface area contributed by atoms with Crippen LogP contribution >= 0.6 is 0 Å². The lowest BCUT2D eigenvalue weighted by molar-refractivity contribution is 0.0996. The number of rotatable bonds is 8. The monoisotopic (exact) mass is 420 g/mol. The smallest absolute Gasteiger partial charge is 0.260 e. The van der Waals surface area contributed by atoms with Crippen molar-refractivity contribution in [3.8, 4) is 29.0 Å². The molecule has 4 rings (SSSR count). The van der Waals surface area contributed by atoms with Crippen LogP contribution in [0.1, 0.15) is 16.1 Å². The summed E-state index contributed by atoms with van der Waals surface area (Å²) in [6.07, 6.45) is 4.89. The van der Waals surface area contributed by atoms with Crippen LogP contribution in [0.25, 0.3) is 11.3 Å². The highest BCUT2D eigenvalue weighted by molar-refractivity contribution is 6.09. The number of carbonyl (C=O) groups is 1. The number of amides is 1. The Morgan fingerprint density at radius 2 is 2.10 bits per heavy atom. The topological polar surface area (TPSA) is 115 Å². The Kier molecular flexibility index (Phi) is 5.77. The van der Waals surface area contributed by atoms with Gasteiger partial charge in [0.1, 0.15) is 13.2 Å². The van der Waals surface area contributed by atoms with E-state index in [1.165, 1.54) is 4.68 Å². The molecule has 0 fully saturated rings. The number of fused-ring (bicyclic) bond motifs is 1. The molecule has 3 aromatic rings. The molecule has 0 aliphatic carbocycles. The summed E-state index contributed by atoms with van der Waals surface area (Å²) in [5.74, 6) is 0.710. The molecule has 0 aromatic carbocycles. The normalized spacial score (nSPS) is 12.5. The van der Waals surface area contributed by atoms with Crippen molar-refractivity contribution >= 4 is 11.6 Å². The Labute approximate surface area is 178 Å². The fraction of sp³-hybridized carbons (Fsp3) is 0.286. The van der Waals surface area contributed by atoms with Crippen molar-refractivity contribution in [2.45, 2.75) is 13.1 Å². The number of carbonyl (C=O) groups excluding carboxylic acids is 1. The largest absolute Gasteiger partial charge is 0.491 e. The number of nitriles is 1. The second kappa shape index (κ2) is 8.81. The molecule has 1 aliphatic rings. The van der Waals surface area contributed by atoms with E-state index in [0.29, 0.717) is 54.0 Å². The summed E-state index contributed by atoms with van der Waals surface area (Å²) < 4.78 is 17.4. The van der Waals surface area contributed by atoms with Crippen molar-refractivity contribution < 1.29 is 19.0 Å². The van der Waals surface area contributed by atoms with Crippen LogP contribution in [0.3, 0.4) is 0 Å². The first-order valence-corrected chi connectivity index (χ1v) is 9.52. The second-order valence-corrected chi connectivity index (χ2v) is 6.71. The van der Waals surface area contributed by atoms with Crippen molar-refractivity contribution in [1.29, 1.82) is 5.26 Å². The summed E-state index contributed by atoms with van der Waals surface area (Å²) in [5.41, 5.74) is 3.24. The second-order valence-electron chi connectivity index (χ2n) is 6.71. The standard InChI is InChI=1S/C21H20N6O4/c1-29-7-8-31-20-19(30-2)9-14(10-23-20)17-4-3-16-18(25-17)13-27(21(16)28)15-11-24-26(12-15)6-5-22/h3-4,9-12H,6-8,13H2,1-2H3. The van der Waals surface area contributed by atoms with Crippen LogP contribution in [-0.4, -0.2) is 53.1 Å². The van der Waals surface area contributed by atoms with Gasteiger partial charge in [-0.1, -0.05) is 0 Å². The third-order valence-corrected chi connectivity index (χ3v) is 4.78. The lowest BCUT2D eigenvalue weighted by Gasteiger charge is -2.11. The van der Waals surface area contributed by atoms with Gasteiger partial charge in [0.2, 0.25) is 0 Å². The molecule has 3 aromatic heterocycles. The van der Waals surface area contributed by atoms with Gasteiger partial charge in [-0.3, -0.25) is 19.4 Å². The highest BCUT2D eigenvalue weighted by Crippen LogP contribution is 2.32. The molecule has 0 atom stereocenters. The molecule has 0 unspecified atom stereocenters. The molecule has 1 aliphatic heterocycles. The summed E-state index contributed by atoms with van der Waals surface area (Å²) in [5, 5.41) is 12.9. The van der Waals surface area contributed by atoms with Crippen molar-refractivity contribution in [3.63, 3.8) is 0 Å². The fourth-order valence-electron chi connectivity index (χ4n) is 3.25. The van der Waals surface area contributed by atoms with Gasteiger partial charge in [-0.25, -0.2) is 4.98 Å². The number of pyridine rings is 2. The van der Waals surface area contributed by atoms with Crippen LogP contribution in [0, 0.1) is 11.3 Å². The van der Waals surface area contributed by atoms with Crippen LogP contribution in [0.4, 0.5) is 5.69 Å². The van der Waals surface area contributed by atoms with Gasteiger partial charge in [-0.05, 0) is 18.2 Å². The Morgan fingerprint density at radius 3 is 2.87 bits per heavy atom. The number of hydrogen-bond acceptors (Lipinski definition) is 8. The number of hydrogen-bond donors (Lipinski definition) is 0. The molecular formula is C21H20N6O4. The predicted molar refractivity (Wildman–Crippen MR) is 110 cm³/mol. The third kappa shape index (κ3) is 4.04. The highest BCUT2D eigenvalue weighted by atomic mass is 16.5. The first-order chi connectivity index (χ1) is 15.1. The summed E-state index contributed by atoms with van der Waals surface area (Å²) in [7, 11) is 3.14. The Bertz CT molecular complexity index is 1150. The van der Waals surface area contributed by atoms with Crippen LogP contribution in [0.5, 0.6) is 11.6 Å². The Balaban J connectivity index is 1.57. The van der Waals surface area contributed by atoms with Crippen LogP contribution in [0.15, 0.2) is 36.8 Å². The van der Waals surface area contributed by atoms with Crippen LogP contribution in [-0.2, 0) is 17.8 Å². The van der Waals surface area contributed by atoms with Crippen LogP contribution < -0.4 is 14.4 Å². The van der Waals surface area contributed by atoms with E-state index in [-0.39, 0.29) is 12.5 Å². The Morgan fingerprint density at radius 1 is 1.23 bits per heavy atom. The zero-order chi connectivity index (χ0) is 21.8. The van der Waals surface area contributed by atoms with Gasteiger partial charge >= 0.3 is 0 Å². The maximum absolute atomic E-state index is 12.8. The minimum atomic E-state index is -0.150. The van der Waals surface area contributed by atoms with E-state index < -0.39 is 0 Å². The van der Waals surface area contributed by atoms with Gasteiger partial charge < -0.3 is 14.2 Å². The van der Waals surface area contributed by atoms with Crippen LogP contribution in [0.2, 0.25) is 0 Å². The van der Waals surface area contributed by atoms with E-state index in [1.54, 1.807) is 55.9 Å². The SMILES string of the molecule is COCCOc1ncc(-c2ccc3c(n2)CN(c2cnn(CC#N)c2)C3=O)cc1OC. The average Bonchev–Trinajstić information content (AvgIpc) is 3.38. The molecule has 0 bridgehead atoms. The number of anilines is 1. The van der Waals surface area contributed by atoms with Gasteiger partial charge in [-0.2, -0.15) is 10.4 Å². The lowest BCUT2D eigenvalue weighted by atomic mass is 10.1. The maximum atomic E-state index is 12.8. The molecule has 10 heteroatoms.